The number of Topliss-reactive ketones (excluding diaryl/α,β-unsaturated/α-hetero) is 1. The Morgan fingerprint density at radius 3 is 2.42 bits per heavy atom. The number of halogens is 1. The van der Waals surface area contributed by atoms with Gasteiger partial charge < -0.3 is 9.67 Å². The Labute approximate surface area is 188 Å². The average molecular weight is 440 g/mol. The molecule has 1 heterocycles. The van der Waals surface area contributed by atoms with E-state index in [9.17, 15) is 9.59 Å². The van der Waals surface area contributed by atoms with E-state index in [1.165, 1.54) is 5.56 Å². The number of nitrogens with zero attached hydrogens (tertiary/aromatic N) is 1. The molecule has 0 aliphatic rings. The minimum atomic E-state index is -0.875. The lowest BCUT2D eigenvalue weighted by molar-refractivity contribution is -0.137. The second-order valence-electron chi connectivity index (χ2n) is 8.42. The molecule has 0 fully saturated rings. The van der Waals surface area contributed by atoms with Crippen LogP contribution in [-0.2, 0) is 24.7 Å². The number of unbranched alkanes of at least 4 members (excludes halogenated alkanes) is 2. The highest BCUT2D eigenvalue weighted by Gasteiger charge is 2.23. The zero-order valence-corrected chi connectivity index (χ0v) is 19.0. The van der Waals surface area contributed by atoms with Crippen molar-refractivity contribution in [3.05, 3.63) is 70.4 Å². The van der Waals surface area contributed by atoms with Gasteiger partial charge >= 0.3 is 5.97 Å². The van der Waals surface area contributed by atoms with Gasteiger partial charge in [-0.2, -0.15) is 0 Å². The van der Waals surface area contributed by atoms with E-state index >= 15 is 0 Å². The van der Waals surface area contributed by atoms with E-state index < -0.39 is 5.97 Å². The summed E-state index contributed by atoms with van der Waals surface area (Å²) in [5.41, 5.74) is 4.06. The molecular formula is C26H30ClNO3. The molecule has 1 unspecified atom stereocenters. The van der Waals surface area contributed by atoms with Crippen molar-refractivity contribution in [3.8, 4) is 0 Å². The first kappa shape index (κ1) is 23.1. The molecule has 164 valence electrons. The lowest BCUT2D eigenvalue weighted by atomic mass is 9.94. The predicted octanol–water partition coefficient (Wildman–Crippen LogP) is 6.47. The number of aliphatic carboxylic acids is 1. The van der Waals surface area contributed by atoms with Crippen LogP contribution in [0.5, 0.6) is 0 Å². The number of aryl methyl sites for hydroxylation is 2. The Balaban J connectivity index is 1.75. The summed E-state index contributed by atoms with van der Waals surface area (Å²) in [5.74, 6) is -1.08. The van der Waals surface area contributed by atoms with Gasteiger partial charge in [0.1, 0.15) is 0 Å². The molecule has 3 aromatic rings. The molecule has 0 spiro atoms. The zero-order valence-electron chi connectivity index (χ0n) is 18.2. The van der Waals surface area contributed by atoms with Crippen LogP contribution in [0.15, 0.2) is 48.5 Å². The molecule has 0 saturated carbocycles. The normalized spacial score (nSPS) is 12.2. The Kier molecular flexibility index (Phi) is 7.91. The molecule has 5 heteroatoms. The molecule has 0 aliphatic heterocycles. The van der Waals surface area contributed by atoms with Crippen LogP contribution in [0.1, 0.15) is 60.6 Å². The van der Waals surface area contributed by atoms with Gasteiger partial charge in [-0.15, -0.1) is 0 Å². The highest BCUT2D eigenvalue weighted by atomic mass is 35.5. The lowest BCUT2D eigenvalue weighted by Crippen LogP contribution is -2.12. The molecule has 1 atom stereocenters. The van der Waals surface area contributed by atoms with Crippen molar-refractivity contribution in [1.82, 2.24) is 4.57 Å². The van der Waals surface area contributed by atoms with Crippen molar-refractivity contribution in [1.29, 1.82) is 0 Å². The third-order valence-electron chi connectivity index (χ3n) is 5.84. The van der Waals surface area contributed by atoms with Crippen LogP contribution in [0.4, 0.5) is 0 Å². The van der Waals surface area contributed by atoms with Gasteiger partial charge in [0.05, 0.1) is 0 Å². The summed E-state index contributed by atoms with van der Waals surface area (Å²) in [6.07, 6.45) is 5.27. The van der Waals surface area contributed by atoms with E-state index in [-0.39, 0.29) is 24.5 Å². The lowest BCUT2D eigenvalue weighted by Gasteiger charge is -2.11. The van der Waals surface area contributed by atoms with Crippen LogP contribution in [-0.4, -0.2) is 21.4 Å². The van der Waals surface area contributed by atoms with Crippen molar-refractivity contribution >= 4 is 34.3 Å². The average Bonchev–Trinajstić information content (AvgIpc) is 2.99. The zero-order chi connectivity index (χ0) is 22.4. The number of carbonyl (C=O) groups is 2. The van der Waals surface area contributed by atoms with Crippen LogP contribution in [0.2, 0.25) is 5.02 Å². The number of fused-ring (bicyclic) bond motifs is 1. The fourth-order valence-corrected chi connectivity index (χ4v) is 4.48. The number of benzene rings is 2. The summed E-state index contributed by atoms with van der Waals surface area (Å²) >= 11 is 6.24. The fourth-order valence-electron chi connectivity index (χ4n) is 4.31. The van der Waals surface area contributed by atoms with E-state index in [4.69, 9.17) is 16.7 Å². The summed E-state index contributed by atoms with van der Waals surface area (Å²) in [5, 5.41) is 10.5. The molecule has 3 rings (SSSR count). The molecule has 0 saturated heterocycles. The van der Waals surface area contributed by atoms with Gasteiger partial charge in [0, 0.05) is 47.1 Å². The second kappa shape index (κ2) is 10.6. The Hall–Kier alpha value is -2.59. The first-order valence-electron chi connectivity index (χ1n) is 10.9. The van der Waals surface area contributed by atoms with E-state index in [0.717, 1.165) is 48.7 Å². The molecule has 1 aromatic heterocycles. The highest BCUT2D eigenvalue weighted by Crippen LogP contribution is 2.31. The fraction of sp³-hybridized carbons (Fsp3) is 0.385. The number of carbonyl (C=O) groups excluding carboxylic acids is 1. The van der Waals surface area contributed by atoms with Gasteiger partial charge in [-0.3, -0.25) is 9.59 Å². The number of rotatable bonds is 11. The summed E-state index contributed by atoms with van der Waals surface area (Å²) in [6.45, 7) is 1.81. The maximum atomic E-state index is 13.2. The van der Waals surface area contributed by atoms with Crippen LogP contribution >= 0.6 is 11.6 Å². The quantitative estimate of drug-likeness (QED) is 0.275. The number of hydrogen-bond donors (Lipinski definition) is 1. The van der Waals surface area contributed by atoms with Gasteiger partial charge in [0.15, 0.2) is 5.78 Å². The molecule has 31 heavy (non-hydrogen) atoms. The Morgan fingerprint density at radius 1 is 1.00 bits per heavy atom. The maximum Gasteiger partial charge on any atom is 0.303 e. The van der Waals surface area contributed by atoms with Crippen LogP contribution in [0.25, 0.3) is 10.9 Å². The van der Waals surface area contributed by atoms with Gasteiger partial charge in [-0.05, 0) is 55.4 Å². The van der Waals surface area contributed by atoms with Crippen molar-refractivity contribution in [2.75, 3.05) is 0 Å². The van der Waals surface area contributed by atoms with Crippen LogP contribution in [0.3, 0.4) is 0 Å². The highest BCUT2D eigenvalue weighted by molar-refractivity contribution is 6.31. The standard InChI is InChI=1S/C26H30ClNO3/c1-18(16-25(30)31)15-24(29)26-21-17-20(27)13-14-22(21)28(2)23(26)12-8-4-7-11-19-9-5-3-6-10-19/h3,5-6,9-10,13-14,17-18H,4,7-8,11-12,15-16H2,1-2H3,(H,30,31). The van der Waals surface area contributed by atoms with E-state index in [0.29, 0.717) is 10.6 Å². The number of carboxylic acids is 1. The van der Waals surface area contributed by atoms with Gasteiger partial charge in [0.2, 0.25) is 0 Å². The third-order valence-corrected chi connectivity index (χ3v) is 6.08. The molecule has 0 amide bonds. The summed E-state index contributed by atoms with van der Waals surface area (Å²) in [6, 6.07) is 16.1. The minimum absolute atomic E-state index is 0.000835. The number of aromatic nitrogens is 1. The van der Waals surface area contributed by atoms with Crippen molar-refractivity contribution in [2.45, 2.75) is 51.9 Å². The molecule has 1 N–H and O–H groups in total. The minimum Gasteiger partial charge on any atom is -0.481 e. The molecule has 0 aliphatic carbocycles. The monoisotopic (exact) mass is 439 g/mol. The topological polar surface area (TPSA) is 59.3 Å². The van der Waals surface area contributed by atoms with E-state index in [1.807, 2.05) is 38.2 Å². The maximum absolute atomic E-state index is 13.2. The van der Waals surface area contributed by atoms with Gasteiger partial charge in [0.25, 0.3) is 0 Å². The molecular weight excluding hydrogens is 410 g/mol. The number of carboxylic acid groups (broad SMARTS) is 1. The van der Waals surface area contributed by atoms with E-state index in [1.54, 1.807) is 0 Å². The summed E-state index contributed by atoms with van der Waals surface area (Å²) < 4.78 is 2.10. The Bertz CT molecular complexity index is 1060. The number of ketones is 1. The molecule has 2 aromatic carbocycles. The largest absolute Gasteiger partial charge is 0.481 e. The molecule has 4 nitrogen and oxygen atoms in total. The van der Waals surface area contributed by atoms with Crippen molar-refractivity contribution < 1.29 is 14.7 Å². The third kappa shape index (κ3) is 5.98. The van der Waals surface area contributed by atoms with Crippen LogP contribution < -0.4 is 0 Å². The van der Waals surface area contributed by atoms with Gasteiger partial charge in [-0.25, -0.2) is 0 Å². The van der Waals surface area contributed by atoms with Crippen molar-refractivity contribution in [3.63, 3.8) is 0 Å². The summed E-state index contributed by atoms with van der Waals surface area (Å²) in [4.78, 5) is 24.2. The first-order chi connectivity index (χ1) is 14.9. The molecule has 0 bridgehead atoms. The molecule has 0 radical (unpaired) electrons. The van der Waals surface area contributed by atoms with Crippen LogP contribution in [0, 0.1) is 5.92 Å². The predicted molar refractivity (Wildman–Crippen MR) is 126 cm³/mol. The SMILES string of the molecule is CC(CC(=O)O)CC(=O)c1c(CCCCCc2ccccc2)n(C)c2ccc(Cl)cc12. The van der Waals surface area contributed by atoms with Crippen molar-refractivity contribution in [2.24, 2.45) is 13.0 Å². The summed E-state index contributed by atoms with van der Waals surface area (Å²) in [7, 11) is 1.99. The second-order valence-corrected chi connectivity index (χ2v) is 8.86. The number of hydrogen-bond acceptors (Lipinski definition) is 2. The first-order valence-corrected chi connectivity index (χ1v) is 11.3. The van der Waals surface area contributed by atoms with Gasteiger partial charge in [-0.1, -0.05) is 55.3 Å². The smallest absolute Gasteiger partial charge is 0.303 e. The Morgan fingerprint density at radius 2 is 1.71 bits per heavy atom. The van der Waals surface area contributed by atoms with E-state index in [2.05, 4.69) is 28.8 Å².